The molecule has 0 aromatic carbocycles. The normalized spacial score (nSPS) is 31.5. The Bertz CT molecular complexity index is 454. The first-order chi connectivity index (χ1) is 9.37. The molecule has 8 heteroatoms. The molecule has 0 spiro atoms. The fourth-order valence-corrected chi connectivity index (χ4v) is 3.66. The molecule has 116 valence electrons. The van der Waals surface area contributed by atoms with Gasteiger partial charge in [-0.1, -0.05) is 6.42 Å². The van der Waals surface area contributed by atoms with Crippen molar-refractivity contribution in [2.75, 3.05) is 19.6 Å². The molecule has 1 heterocycles. The molecule has 2 fully saturated rings. The van der Waals surface area contributed by atoms with Crippen molar-refractivity contribution in [1.29, 1.82) is 0 Å². The number of nitrogens with zero attached hydrogens (tertiary/aromatic N) is 1. The summed E-state index contributed by atoms with van der Waals surface area (Å²) in [7, 11) is -3.66. The third kappa shape index (κ3) is 4.15. The van der Waals surface area contributed by atoms with Crippen molar-refractivity contribution in [2.24, 2.45) is 22.7 Å². The molecule has 5 N–H and O–H groups in total. The van der Waals surface area contributed by atoms with Crippen LogP contribution in [-0.2, 0) is 15.0 Å². The van der Waals surface area contributed by atoms with Gasteiger partial charge in [0.1, 0.15) is 0 Å². The van der Waals surface area contributed by atoms with Gasteiger partial charge in [-0.3, -0.25) is 4.79 Å². The lowest BCUT2D eigenvalue weighted by molar-refractivity contribution is -0.137. The largest absolute Gasteiger partial charge is 0.342 e. The number of rotatable bonds is 4. The average Bonchev–Trinajstić information content (AvgIpc) is 2.81. The van der Waals surface area contributed by atoms with Gasteiger partial charge in [-0.2, -0.15) is 8.42 Å². The van der Waals surface area contributed by atoms with E-state index in [1.807, 2.05) is 4.90 Å². The van der Waals surface area contributed by atoms with Gasteiger partial charge in [0.05, 0.1) is 5.92 Å². The van der Waals surface area contributed by atoms with E-state index in [4.69, 9.17) is 10.9 Å². The van der Waals surface area contributed by atoms with Crippen molar-refractivity contribution < 1.29 is 13.2 Å². The molecular weight excluding hydrogens is 280 g/mol. The predicted octanol–water partition coefficient (Wildman–Crippen LogP) is -0.854. The van der Waals surface area contributed by atoms with Crippen molar-refractivity contribution >= 4 is 16.1 Å². The minimum absolute atomic E-state index is 0.0228. The molecule has 7 nitrogen and oxygen atoms in total. The van der Waals surface area contributed by atoms with Crippen LogP contribution in [-0.4, -0.2) is 44.9 Å². The van der Waals surface area contributed by atoms with Crippen LogP contribution in [0.5, 0.6) is 0 Å². The SMILES string of the molecule is NC1CCCC1C(=O)N1CCCC(CNS(N)(=O)=O)C1. The molecule has 20 heavy (non-hydrogen) atoms. The molecule has 1 aliphatic carbocycles. The van der Waals surface area contributed by atoms with E-state index in [2.05, 4.69) is 4.72 Å². The Labute approximate surface area is 120 Å². The van der Waals surface area contributed by atoms with Crippen molar-refractivity contribution in [1.82, 2.24) is 9.62 Å². The highest BCUT2D eigenvalue weighted by atomic mass is 32.2. The second-order valence-electron chi connectivity index (χ2n) is 5.89. The van der Waals surface area contributed by atoms with Crippen molar-refractivity contribution in [3.05, 3.63) is 0 Å². The summed E-state index contributed by atoms with van der Waals surface area (Å²) in [4.78, 5) is 14.3. The fraction of sp³-hybridized carbons (Fsp3) is 0.917. The highest BCUT2D eigenvalue weighted by Crippen LogP contribution is 2.27. The van der Waals surface area contributed by atoms with Gasteiger partial charge in [0.15, 0.2) is 0 Å². The Morgan fingerprint density at radius 1 is 1.25 bits per heavy atom. The summed E-state index contributed by atoms with van der Waals surface area (Å²) >= 11 is 0. The fourth-order valence-electron chi connectivity index (χ4n) is 3.20. The first kappa shape index (κ1) is 15.7. The van der Waals surface area contributed by atoms with E-state index in [0.717, 1.165) is 38.6 Å². The Balaban J connectivity index is 1.88. The maximum Gasteiger partial charge on any atom is 0.274 e. The second-order valence-corrected chi connectivity index (χ2v) is 7.27. The van der Waals surface area contributed by atoms with E-state index >= 15 is 0 Å². The zero-order valence-corrected chi connectivity index (χ0v) is 12.4. The molecule has 2 rings (SSSR count). The molecule has 0 aromatic heterocycles. The van der Waals surface area contributed by atoms with Crippen LogP contribution in [0.3, 0.4) is 0 Å². The monoisotopic (exact) mass is 304 g/mol. The van der Waals surface area contributed by atoms with Gasteiger partial charge in [-0.15, -0.1) is 0 Å². The van der Waals surface area contributed by atoms with Gasteiger partial charge in [0, 0.05) is 25.7 Å². The molecular formula is C12H24N4O3S. The first-order valence-corrected chi connectivity index (χ1v) is 8.73. The van der Waals surface area contributed by atoms with Gasteiger partial charge in [-0.05, 0) is 31.6 Å². The highest BCUT2D eigenvalue weighted by molar-refractivity contribution is 7.87. The average molecular weight is 304 g/mol. The molecule has 1 saturated heterocycles. The van der Waals surface area contributed by atoms with E-state index in [9.17, 15) is 13.2 Å². The number of piperidine rings is 1. The van der Waals surface area contributed by atoms with Crippen molar-refractivity contribution in [3.63, 3.8) is 0 Å². The van der Waals surface area contributed by atoms with Crippen LogP contribution in [0.4, 0.5) is 0 Å². The van der Waals surface area contributed by atoms with Gasteiger partial charge in [0.25, 0.3) is 10.2 Å². The molecule has 1 aliphatic heterocycles. The quantitative estimate of drug-likeness (QED) is 0.626. The first-order valence-electron chi connectivity index (χ1n) is 7.18. The number of nitrogens with one attached hydrogen (secondary N) is 1. The molecule has 0 bridgehead atoms. The number of hydrogen-bond acceptors (Lipinski definition) is 4. The summed E-state index contributed by atoms with van der Waals surface area (Å²) in [5, 5.41) is 4.93. The van der Waals surface area contributed by atoms with Crippen LogP contribution < -0.4 is 15.6 Å². The van der Waals surface area contributed by atoms with Gasteiger partial charge in [-0.25, -0.2) is 9.86 Å². The number of carbonyl (C=O) groups is 1. The molecule has 3 atom stereocenters. The number of likely N-dealkylation sites (tertiary alicyclic amines) is 1. The topological polar surface area (TPSA) is 119 Å². The summed E-state index contributed by atoms with van der Waals surface area (Å²) in [5.74, 6) is 0.207. The Morgan fingerprint density at radius 2 is 2.00 bits per heavy atom. The third-order valence-electron chi connectivity index (χ3n) is 4.29. The summed E-state index contributed by atoms with van der Waals surface area (Å²) in [6.45, 7) is 1.62. The Kier molecular flexibility index (Phi) is 5.00. The number of amides is 1. The van der Waals surface area contributed by atoms with E-state index in [1.54, 1.807) is 0 Å². The smallest absolute Gasteiger partial charge is 0.274 e. The lowest BCUT2D eigenvalue weighted by Crippen LogP contribution is -2.48. The van der Waals surface area contributed by atoms with Crippen LogP contribution in [0.25, 0.3) is 0 Å². The predicted molar refractivity (Wildman–Crippen MR) is 75.7 cm³/mol. The summed E-state index contributed by atoms with van der Waals surface area (Å²) in [5.41, 5.74) is 5.98. The van der Waals surface area contributed by atoms with Crippen LogP contribution in [0.2, 0.25) is 0 Å². The minimum Gasteiger partial charge on any atom is -0.342 e. The molecule has 0 aromatic rings. The summed E-state index contributed by atoms with van der Waals surface area (Å²) in [6.07, 6.45) is 4.60. The minimum atomic E-state index is -3.66. The van der Waals surface area contributed by atoms with E-state index in [-0.39, 0.29) is 23.8 Å². The number of carbonyl (C=O) groups excluding carboxylic acids is 1. The van der Waals surface area contributed by atoms with Crippen molar-refractivity contribution in [2.45, 2.75) is 38.1 Å². The van der Waals surface area contributed by atoms with E-state index < -0.39 is 10.2 Å². The van der Waals surface area contributed by atoms with Gasteiger partial charge in [0.2, 0.25) is 5.91 Å². The number of nitrogens with two attached hydrogens (primary N) is 2. The zero-order chi connectivity index (χ0) is 14.8. The summed E-state index contributed by atoms with van der Waals surface area (Å²) < 4.78 is 24.1. The molecule has 3 unspecified atom stereocenters. The molecule has 0 radical (unpaired) electrons. The van der Waals surface area contributed by atoms with E-state index in [1.165, 1.54) is 0 Å². The highest BCUT2D eigenvalue weighted by Gasteiger charge is 2.35. The number of hydrogen-bond donors (Lipinski definition) is 3. The summed E-state index contributed by atoms with van der Waals surface area (Å²) in [6, 6.07) is -0.0228. The van der Waals surface area contributed by atoms with Crippen molar-refractivity contribution in [3.8, 4) is 0 Å². The Morgan fingerprint density at radius 3 is 2.60 bits per heavy atom. The zero-order valence-electron chi connectivity index (χ0n) is 11.6. The standard InChI is InChI=1S/C12H24N4O3S/c13-11-5-1-4-10(11)12(17)16-6-2-3-9(8-16)7-15-20(14,18)19/h9-11,15H,1-8,13H2,(H2,14,18,19). The van der Waals surface area contributed by atoms with Crippen LogP contribution >= 0.6 is 0 Å². The van der Waals surface area contributed by atoms with E-state index in [0.29, 0.717) is 13.1 Å². The van der Waals surface area contributed by atoms with Gasteiger partial charge >= 0.3 is 0 Å². The second kappa shape index (κ2) is 6.38. The van der Waals surface area contributed by atoms with Crippen LogP contribution in [0.15, 0.2) is 0 Å². The lowest BCUT2D eigenvalue weighted by Gasteiger charge is -2.35. The van der Waals surface area contributed by atoms with Gasteiger partial charge < -0.3 is 10.6 Å². The van der Waals surface area contributed by atoms with Crippen LogP contribution in [0.1, 0.15) is 32.1 Å². The lowest BCUT2D eigenvalue weighted by atomic mass is 9.95. The maximum atomic E-state index is 12.4. The molecule has 1 saturated carbocycles. The maximum absolute atomic E-state index is 12.4. The molecule has 2 aliphatic rings. The third-order valence-corrected chi connectivity index (χ3v) is 4.86. The Hall–Kier alpha value is -0.700. The molecule has 1 amide bonds. The van der Waals surface area contributed by atoms with Crippen LogP contribution in [0, 0.1) is 11.8 Å².